The third-order valence-electron chi connectivity index (χ3n) is 2.32. The Morgan fingerprint density at radius 3 is 2.84 bits per heavy atom. The molecule has 0 radical (unpaired) electrons. The molecule has 0 aliphatic rings. The van der Waals surface area contributed by atoms with Crippen LogP contribution in [0.2, 0.25) is 0 Å². The second-order valence-corrected chi connectivity index (χ2v) is 4.13. The molecule has 0 saturated heterocycles. The van der Waals surface area contributed by atoms with Crippen LogP contribution < -0.4 is 11.1 Å². The molecular formula is C13H17FN2O3. The Kier molecular flexibility index (Phi) is 5.32. The number of carbonyl (C=O) groups is 1. The maximum absolute atomic E-state index is 13.2. The SMILES string of the molecule is C=C(C)COCCNc1ccc(F)c(N)c1C(=O)O. The third kappa shape index (κ3) is 4.26. The van der Waals surface area contributed by atoms with Gasteiger partial charge in [0, 0.05) is 6.54 Å². The zero-order chi connectivity index (χ0) is 14.4. The average molecular weight is 268 g/mol. The van der Waals surface area contributed by atoms with Crippen LogP contribution in [0.1, 0.15) is 17.3 Å². The van der Waals surface area contributed by atoms with Gasteiger partial charge in [0.15, 0.2) is 0 Å². The van der Waals surface area contributed by atoms with Crippen LogP contribution >= 0.6 is 0 Å². The second kappa shape index (κ2) is 6.75. The molecule has 0 bridgehead atoms. The highest BCUT2D eigenvalue weighted by Crippen LogP contribution is 2.24. The quantitative estimate of drug-likeness (QED) is 0.400. The lowest BCUT2D eigenvalue weighted by Gasteiger charge is -2.12. The monoisotopic (exact) mass is 268 g/mol. The lowest BCUT2D eigenvalue weighted by molar-refractivity contribution is 0.0698. The number of nitrogens with two attached hydrogens (primary N) is 1. The molecule has 1 aromatic rings. The van der Waals surface area contributed by atoms with E-state index in [1.807, 2.05) is 6.92 Å². The maximum atomic E-state index is 13.2. The molecule has 0 atom stereocenters. The normalized spacial score (nSPS) is 10.2. The maximum Gasteiger partial charge on any atom is 0.340 e. The molecule has 19 heavy (non-hydrogen) atoms. The molecular weight excluding hydrogens is 251 g/mol. The lowest BCUT2D eigenvalue weighted by atomic mass is 10.1. The van der Waals surface area contributed by atoms with Gasteiger partial charge in [-0.05, 0) is 19.1 Å². The van der Waals surface area contributed by atoms with E-state index in [4.69, 9.17) is 15.6 Å². The fourth-order valence-electron chi connectivity index (χ4n) is 1.48. The Morgan fingerprint density at radius 2 is 2.26 bits per heavy atom. The predicted octanol–water partition coefficient (Wildman–Crippen LogP) is 2.11. The van der Waals surface area contributed by atoms with Crippen molar-refractivity contribution in [2.24, 2.45) is 0 Å². The number of carboxylic acid groups (broad SMARTS) is 1. The highest BCUT2D eigenvalue weighted by atomic mass is 19.1. The van der Waals surface area contributed by atoms with Gasteiger partial charge in [0.05, 0.1) is 24.6 Å². The molecule has 0 saturated carbocycles. The van der Waals surface area contributed by atoms with E-state index in [2.05, 4.69) is 11.9 Å². The van der Waals surface area contributed by atoms with Crippen LogP contribution in [0.25, 0.3) is 0 Å². The van der Waals surface area contributed by atoms with E-state index in [0.717, 1.165) is 11.6 Å². The Morgan fingerprint density at radius 1 is 1.58 bits per heavy atom. The number of rotatable bonds is 7. The number of ether oxygens (including phenoxy) is 1. The fraction of sp³-hybridized carbons (Fsp3) is 0.308. The van der Waals surface area contributed by atoms with E-state index < -0.39 is 11.8 Å². The number of benzene rings is 1. The van der Waals surface area contributed by atoms with E-state index >= 15 is 0 Å². The summed E-state index contributed by atoms with van der Waals surface area (Å²) in [7, 11) is 0. The number of aromatic carboxylic acids is 1. The number of nitrogen functional groups attached to an aromatic ring is 1. The minimum absolute atomic E-state index is 0.264. The molecule has 0 aromatic heterocycles. The molecule has 104 valence electrons. The van der Waals surface area contributed by atoms with Crippen LogP contribution in [-0.2, 0) is 4.74 Å². The summed E-state index contributed by atoms with van der Waals surface area (Å²) >= 11 is 0. The van der Waals surface area contributed by atoms with Crippen molar-refractivity contribution in [1.82, 2.24) is 0 Å². The first-order chi connectivity index (χ1) is 8.93. The van der Waals surface area contributed by atoms with Crippen LogP contribution in [-0.4, -0.2) is 30.8 Å². The van der Waals surface area contributed by atoms with E-state index in [0.29, 0.717) is 19.8 Å². The Labute approximate surface area is 110 Å². The van der Waals surface area contributed by atoms with Gasteiger partial charge in [-0.25, -0.2) is 9.18 Å². The van der Waals surface area contributed by atoms with E-state index in [1.165, 1.54) is 6.07 Å². The predicted molar refractivity (Wildman–Crippen MR) is 71.9 cm³/mol. The number of hydrogen-bond donors (Lipinski definition) is 3. The number of hydrogen-bond acceptors (Lipinski definition) is 4. The van der Waals surface area contributed by atoms with Crippen molar-refractivity contribution in [2.75, 3.05) is 30.8 Å². The van der Waals surface area contributed by atoms with Crippen molar-refractivity contribution in [1.29, 1.82) is 0 Å². The largest absolute Gasteiger partial charge is 0.478 e. The molecule has 0 amide bonds. The molecule has 0 heterocycles. The highest BCUT2D eigenvalue weighted by Gasteiger charge is 2.16. The number of carboxylic acids is 1. The summed E-state index contributed by atoms with van der Waals surface area (Å²) in [6.45, 7) is 6.74. The van der Waals surface area contributed by atoms with Crippen LogP contribution in [0, 0.1) is 5.82 Å². The molecule has 1 aromatic carbocycles. The molecule has 0 fully saturated rings. The first kappa shape index (κ1) is 15.0. The topological polar surface area (TPSA) is 84.6 Å². The van der Waals surface area contributed by atoms with Crippen molar-refractivity contribution in [2.45, 2.75) is 6.92 Å². The first-order valence-corrected chi connectivity index (χ1v) is 5.70. The fourth-order valence-corrected chi connectivity index (χ4v) is 1.48. The molecule has 1 rings (SSSR count). The number of nitrogens with one attached hydrogen (secondary N) is 1. The number of halogens is 1. The Hall–Kier alpha value is -2.08. The van der Waals surface area contributed by atoms with Crippen molar-refractivity contribution in [3.05, 3.63) is 35.7 Å². The summed E-state index contributed by atoms with van der Waals surface area (Å²) in [6, 6.07) is 2.47. The minimum atomic E-state index is -1.28. The standard InChI is InChI=1S/C13H17FN2O3/c1-8(2)7-19-6-5-16-10-4-3-9(14)12(15)11(10)13(17)18/h3-4,16H,1,5-7,15H2,2H3,(H,17,18). The highest BCUT2D eigenvalue weighted by molar-refractivity contribution is 6.00. The van der Waals surface area contributed by atoms with Gasteiger partial charge in [-0.3, -0.25) is 0 Å². The van der Waals surface area contributed by atoms with Crippen LogP contribution in [0.3, 0.4) is 0 Å². The summed E-state index contributed by atoms with van der Waals surface area (Å²) in [5.74, 6) is -2.02. The van der Waals surface area contributed by atoms with Crippen molar-refractivity contribution in [3.8, 4) is 0 Å². The Balaban J connectivity index is 2.66. The lowest BCUT2D eigenvalue weighted by Crippen LogP contribution is -2.14. The minimum Gasteiger partial charge on any atom is -0.478 e. The summed E-state index contributed by atoms with van der Waals surface area (Å²) in [5, 5.41) is 11.9. The van der Waals surface area contributed by atoms with Crippen molar-refractivity contribution < 1.29 is 19.0 Å². The van der Waals surface area contributed by atoms with Gasteiger partial charge in [0.25, 0.3) is 0 Å². The van der Waals surface area contributed by atoms with Crippen molar-refractivity contribution in [3.63, 3.8) is 0 Å². The van der Waals surface area contributed by atoms with E-state index in [-0.39, 0.29) is 16.9 Å². The molecule has 0 spiro atoms. The van der Waals surface area contributed by atoms with E-state index in [1.54, 1.807) is 0 Å². The molecule has 4 N–H and O–H groups in total. The molecule has 0 aliphatic carbocycles. The zero-order valence-electron chi connectivity index (χ0n) is 10.7. The smallest absolute Gasteiger partial charge is 0.340 e. The third-order valence-corrected chi connectivity index (χ3v) is 2.32. The van der Waals surface area contributed by atoms with Gasteiger partial charge < -0.3 is 20.9 Å². The summed E-state index contributed by atoms with van der Waals surface area (Å²) in [6.07, 6.45) is 0. The van der Waals surface area contributed by atoms with Gasteiger partial charge in [0.2, 0.25) is 0 Å². The molecule has 0 aliphatic heterocycles. The van der Waals surface area contributed by atoms with Crippen LogP contribution in [0.5, 0.6) is 0 Å². The Bertz CT molecular complexity index is 489. The molecule has 5 nitrogen and oxygen atoms in total. The average Bonchev–Trinajstić information content (AvgIpc) is 2.32. The summed E-state index contributed by atoms with van der Waals surface area (Å²) in [5.41, 5.74) is 5.95. The van der Waals surface area contributed by atoms with Gasteiger partial charge in [0.1, 0.15) is 11.4 Å². The van der Waals surface area contributed by atoms with Gasteiger partial charge in [-0.2, -0.15) is 0 Å². The molecule has 6 heteroatoms. The van der Waals surface area contributed by atoms with Crippen LogP contribution in [0.4, 0.5) is 15.8 Å². The molecule has 0 unspecified atom stereocenters. The zero-order valence-corrected chi connectivity index (χ0v) is 10.7. The second-order valence-electron chi connectivity index (χ2n) is 4.13. The number of anilines is 2. The van der Waals surface area contributed by atoms with E-state index in [9.17, 15) is 9.18 Å². The summed E-state index contributed by atoms with van der Waals surface area (Å²) < 4.78 is 18.5. The van der Waals surface area contributed by atoms with Gasteiger partial charge in [-0.15, -0.1) is 0 Å². The van der Waals surface area contributed by atoms with Crippen LogP contribution in [0.15, 0.2) is 24.3 Å². The summed E-state index contributed by atoms with van der Waals surface area (Å²) in [4.78, 5) is 11.0. The van der Waals surface area contributed by atoms with Crippen molar-refractivity contribution >= 4 is 17.3 Å². The first-order valence-electron chi connectivity index (χ1n) is 5.70. The van der Waals surface area contributed by atoms with Gasteiger partial charge >= 0.3 is 5.97 Å². The van der Waals surface area contributed by atoms with Gasteiger partial charge in [-0.1, -0.05) is 12.2 Å².